The van der Waals surface area contributed by atoms with Gasteiger partial charge in [0.05, 0.1) is 11.4 Å². The number of fused-ring (bicyclic) bond motifs is 6. The second-order valence-corrected chi connectivity index (χ2v) is 27.8. The third kappa shape index (κ3) is 5.62. The molecular weight excluding hydrogens is 893 g/mol. The van der Waals surface area contributed by atoms with Crippen LogP contribution in [0.2, 0.25) is 0 Å². The van der Waals surface area contributed by atoms with Crippen molar-refractivity contribution in [1.82, 2.24) is 9.97 Å². The number of nitrogens with zero attached hydrogens (tertiary/aromatic N) is 2. The zero-order valence-corrected chi connectivity index (χ0v) is 45.9. The van der Waals surface area contributed by atoms with Gasteiger partial charge in [0.15, 0.2) is 0 Å². The number of aromatic nitrogens is 2. The fourth-order valence-corrected chi connectivity index (χ4v) is 13.8. The maximum absolute atomic E-state index is 5.10. The Morgan fingerprint density at radius 2 is 0.500 bits per heavy atom. The van der Waals surface area contributed by atoms with Crippen LogP contribution in [0.25, 0.3) is 152 Å². The Morgan fingerprint density at radius 1 is 0.243 bits per heavy atom. The van der Waals surface area contributed by atoms with Gasteiger partial charge in [0.2, 0.25) is 0 Å². The monoisotopic (exact) mass is 957 g/mol. The van der Waals surface area contributed by atoms with Crippen LogP contribution in [-0.4, -0.2) is 9.97 Å². The zero-order chi connectivity index (χ0) is 51.4. The third-order valence-corrected chi connectivity index (χ3v) is 17.9. The molecule has 74 heavy (non-hydrogen) atoms. The van der Waals surface area contributed by atoms with Crippen molar-refractivity contribution >= 4 is 129 Å². The molecule has 13 aromatic carbocycles. The summed E-state index contributed by atoms with van der Waals surface area (Å²) in [7, 11) is 0. The van der Waals surface area contributed by atoms with E-state index in [9.17, 15) is 0 Å². The molecule has 15 rings (SSSR count). The van der Waals surface area contributed by atoms with Crippen LogP contribution >= 0.6 is 0 Å². The number of hydrogen-bond donors (Lipinski definition) is 0. The predicted octanol–water partition coefficient (Wildman–Crippen LogP) is 20.8. The fourth-order valence-electron chi connectivity index (χ4n) is 13.8. The summed E-state index contributed by atoms with van der Waals surface area (Å²) in [5.74, 6) is 0. The topological polar surface area (TPSA) is 25.8 Å². The molecule has 0 bridgehead atoms. The molecule has 0 aliphatic carbocycles. The van der Waals surface area contributed by atoms with Gasteiger partial charge < -0.3 is 0 Å². The molecule has 0 unspecified atom stereocenters. The molecule has 0 radical (unpaired) electrons. The maximum Gasteiger partial charge on any atom is 0.0886 e. The average Bonchev–Trinajstić information content (AvgIpc) is 3.35. The molecule has 2 heterocycles. The normalized spacial score (nSPS) is 14.1. The quantitative estimate of drug-likeness (QED) is 0.127. The molecule has 0 aliphatic rings. The SMILES string of the molecule is CC(C)(C)c1cc2c3cc(-c4ccc(-c5ccccn5)nc4)cc4c5cc(C(C)(C)C)cc6c7cc(C(C)(C)C)cc8c9cc(C(C)(C)C)cc%10c%11cc(C(C)(C)C)cc%12c(c1)c2c1c(c34)c(c56)c(c78)c(c%109)c1c%12%11. The minimum atomic E-state index is -0.100. The van der Waals surface area contributed by atoms with Gasteiger partial charge in [0.25, 0.3) is 0 Å². The second-order valence-electron chi connectivity index (χ2n) is 27.8. The molecule has 2 nitrogen and oxygen atoms in total. The van der Waals surface area contributed by atoms with Crippen molar-refractivity contribution in [3.63, 3.8) is 0 Å². The Bertz CT molecular complexity index is 4590. The Labute approximate surface area is 433 Å². The van der Waals surface area contributed by atoms with E-state index in [-0.39, 0.29) is 27.1 Å². The zero-order valence-electron chi connectivity index (χ0n) is 45.9. The Morgan fingerprint density at radius 3 is 0.716 bits per heavy atom. The van der Waals surface area contributed by atoms with Crippen molar-refractivity contribution in [2.24, 2.45) is 0 Å². The number of rotatable bonds is 2. The largest absolute Gasteiger partial charge is 0.255 e. The van der Waals surface area contributed by atoms with Crippen molar-refractivity contribution in [2.45, 2.75) is 131 Å². The van der Waals surface area contributed by atoms with Crippen molar-refractivity contribution in [3.8, 4) is 22.5 Å². The van der Waals surface area contributed by atoms with Crippen LogP contribution < -0.4 is 0 Å². The van der Waals surface area contributed by atoms with Crippen LogP contribution in [0, 0.1) is 0 Å². The summed E-state index contributed by atoms with van der Waals surface area (Å²) in [5.41, 5.74) is 10.5. The first-order valence-electron chi connectivity index (χ1n) is 27.1. The average molecular weight is 957 g/mol. The lowest BCUT2D eigenvalue weighted by atomic mass is 9.70. The van der Waals surface area contributed by atoms with Crippen LogP contribution in [0.4, 0.5) is 0 Å². The van der Waals surface area contributed by atoms with Gasteiger partial charge in [0, 0.05) is 18.0 Å². The van der Waals surface area contributed by atoms with Crippen molar-refractivity contribution < 1.29 is 0 Å². The molecule has 0 saturated heterocycles. The second kappa shape index (κ2) is 13.6. The number of pyridine rings is 2. The van der Waals surface area contributed by atoms with Gasteiger partial charge in [-0.15, -0.1) is 0 Å². The third-order valence-electron chi connectivity index (χ3n) is 17.9. The Kier molecular flexibility index (Phi) is 8.13. The molecule has 0 spiro atoms. The molecule has 0 aliphatic heterocycles. The van der Waals surface area contributed by atoms with Crippen LogP contribution in [0.3, 0.4) is 0 Å². The minimum Gasteiger partial charge on any atom is -0.255 e. The van der Waals surface area contributed by atoms with E-state index in [1.165, 1.54) is 163 Å². The highest BCUT2D eigenvalue weighted by Gasteiger charge is 2.35. The minimum absolute atomic E-state index is 0.0697. The molecule has 362 valence electrons. The molecule has 0 N–H and O–H groups in total. The van der Waals surface area contributed by atoms with Crippen LogP contribution in [0.15, 0.2) is 116 Å². The predicted molar refractivity (Wildman–Crippen MR) is 324 cm³/mol. The number of hydrogen-bond acceptors (Lipinski definition) is 2. The first kappa shape index (κ1) is 44.3. The van der Waals surface area contributed by atoms with Gasteiger partial charge >= 0.3 is 0 Å². The molecular formula is C72H64N2. The van der Waals surface area contributed by atoms with Gasteiger partial charge in [-0.25, -0.2) is 0 Å². The van der Waals surface area contributed by atoms with E-state index in [0.717, 1.165) is 17.0 Å². The van der Waals surface area contributed by atoms with Crippen molar-refractivity contribution in [1.29, 1.82) is 0 Å². The van der Waals surface area contributed by atoms with Crippen LogP contribution in [0.1, 0.15) is 132 Å². The molecule has 2 heteroatoms. The van der Waals surface area contributed by atoms with E-state index >= 15 is 0 Å². The smallest absolute Gasteiger partial charge is 0.0886 e. The van der Waals surface area contributed by atoms with Gasteiger partial charge in [-0.1, -0.05) is 116 Å². The molecule has 15 aromatic rings. The molecule has 0 atom stereocenters. The van der Waals surface area contributed by atoms with E-state index < -0.39 is 0 Å². The summed E-state index contributed by atoms with van der Waals surface area (Å²) < 4.78 is 0. The Hall–Kier alpha value is -7.16. The van der Waals surface area contributed by atoms with E-state index in [1.54, 1.807) is 0 Å². The summed E-state index contributed by atoms with van der Waals surface area (Å²) in [6, 6.07) is 41.5. The summed E-state index contributed by atoms with van der Waals surface area (Å²) in [5, 5.41) is 33.5. The lowest BCUT2D eigenvalue weighted by molar-refractivity contribution is 0.591. The van der Waals surface area contributed by atoms with Crippen LogP contribution in [0.5, 0.6) is 0 Å². The molecule has 0 saturated carbocycles. The van der Waals surface area contributed by atoms with E-state index in [4.69, 9.17) is 4.98 Å². The van der Waals surface area contributed by atoms with Gasteiger partial charge in [0.1, 0.15) is 0 Å². The van der Waals surface area contributed by atoms with Crippen molar-refractivity contribution in [2.75, 3.05) is 0 Å². The molecule has 0 fully saturated rings. The summed E-state index contributed by atoms with van der Waals surface area (Å²) >= 11 is 0. The van der Waals surface area contributed by atoms with Crippen LogP contribution in [-0.2, 0) is 27.1 Å². The first-order chi connectivity index (χ1) is 34.9. The summed E-state index contributed by atoms with van der Waals surface area (Å²) in [6.45, 7) is 36.0. The fraction of sp³-hybridized carbons (Fsp3) is 0.278. The lowest BCUT2D eigenvalue weighted by Gasteiger charge is -2.33. The molecule has 2 aromatic heterocycles. The van der Waals surface area contributed by atoms with Crippen molar-refractivity contribution in [3.05, 3.63) is 143 Å². The highest BCUT2D eigenvalue weighted by atomic mass is 14.8. The van der Waals surface area contributed by atoms with E-state index in [0.29, 0.717) is 0 Å². The highest BCUT2D eigenvalue weighted by molar-refractivity contribution is 6.61. The van der Waals surface area contributed by atoms with E-state index in [2.05, 4.69) is 200 Å². The van der Waals surface area contributed by atoms with E-state index in [1.807, 2.05) is 24.4 Å². The summed E-state index contributed by atoms with van der Waals surface area (Å²) in [6.07, 6.45) is 3.92. The number of benzene rings is 13. The highest BCUT2D eigenvalue weighted by Crippen LogP contribution is 2.62. The summed E-state index contributed by atoms with van der Waals surface area (Å²) in [4.78, 5) is 9.76. The Balaban J connectivity index is 1.30. The molecule has 0 amide bonds. The first-order valence-corrected chi connectivity index (χ1v) is 27.1. The lowest BCUT2D eigenvalue weighted by Crippen LogP contribution is -2.14. The van der Waals surface area contributed by atoms with Gasteiger partial charge in [-0.2, -0.15) is 0 Å². The van der Waals surface area contributed by atoms with Gasteiger partial charge in [-0.3, -0.25) is 9.97 Å². The van der Waals surface area contributed by atoms with Gasteiger partial charge in [-0.05, 0) is 281 Å². The maximum atomic E-state index is 5.10. The standard InChI is InChI=1S/C72H64N2/c1-68(2,3)37-24-44-42-22-36(35-19-20-55(74-34-35)54-18-16-17-21-73-54)23-43-45-25-38(69(4,5)6)27-47-49-29-40(71(10,11)12)31-51-53-33-41(72(13,14)15)32-52-50-30-39(70(7,8)9)28-48-46(26-37)57(44)63-62(56(42)43)64(58(45)47)66(60(49)51)67(61(52)53)65(63)59(48)50/h16-34H,1-15H3.